The fourth-order valence-corrected chi connectivity index (χ4v) is 1.56. The molecule has 88 valence electrons. The second kappa shape index (κ2) is 6.00. The number of rotatable bonds is 3. The molecular weight excluding hydrogens is 204 g/mol. The number of hydrogen-bond acceptors (Lipinski definition) is 2. The van der Waals surface area contributed by atoms with E-state index < -0.39 is 18.8 Å². The molecule has 0 aromatic carbocycles. The fraction of sp³-hybridized carbons (Fsp3) is 0.900. The average Bonchev–Trinajstić information content (AvgIpc) is 2.43. The number of hydroxylamine groups is 2. The summed E-state index contributed by atoms with van der Waals surface area (Å²) < 4.78 is 24.2. The Morgan fingerprint density at radius 2 is 2.13 bits per heavy atom. The molecule has 0 spiro atoms. The van der Waals surface area contributed by atoms with Crippen molar-refractivity contribution in [1.82, 2.24) is 5.06 Å². The van der Waals surface area contributed by atoms with E-state index in [1.807, 2.05) is 0 Å². The minimum Gasteiger partial charge on any atom is -0.272 e. The molecule has 0 bridgehead atoms. The molecule has 0 aliphatic carbocycles. The summed E-state index contributed by atoms with van der Waals surface area (Å²) in [5, 5.41) is 1.25. The van der Waals surface area contributed by atoms with Crippen molar-refractivity contribution >= 4 is 5.91 Å². The minimum atomic E-state index is -2.43. The third kappa shape index (κ3) is 4.11. The van der Waals surface area contributed by atoms with Crippen molar-refractivity contribution in [3.63, 3.8) is 0 Å². The highest BCUT2D eigenvalue weighted by molar-refractivity contribution is 5.77. The molecule has 1 aliphatic heterocycles. The summed E-state index contributed by atoms with van der Waals surface area (Å²) in [6.07, 6.45) is 0.00203. The first kappa shape index (κ1) is 12.4. The number of nitrogens with zero attached hydrogens (tertiary/aromatic N) is 1. The van der Waals surface area contributed by atoms with Gasteiger partial charge >= 0.3 is 0 Å². The van der Waals surface area contributed by atoms with E-state index in [-0.39, 0.29) is 5.91 Å². The van der Waals surface area contributed by atoms with Crippen LogP contribution >= 0.6 is 0 Å². The topological polar surface area (TPSA) is 29.5 Å². The lowest BCUT2D eigenvalue weighted by atomic mass is 10.1. The molecule has 1 saturated heterocycles. The molecule has 0 aromatic heterocycles. The van der Waals surface area contributed by atoms with Gasteiger partial charge in [0.05, 0.1) is 6.61 Å². The first-order valence-electron chi connectivity index (χ1n) is 5.33. The number of amides is 1. The summed E-state index contributed by atoms with van der Waals surface area (Å²) in [6, 6.07) is 0. The molecule has 3 nitrogen and oxygen atoms in total. The lowest BCUT2D eigenvalue weighted by Gasteiger charge is -2.22. The number of halogens is 2. The Morgan fingerprint density at radius 3 is 2.80 bits per heavy atom. The summed E-state index contributed by atoms with van der Waals surface area (Å²) in [6.45, 7) is 2.54. The van der Waals surface area contributed by atoms with Crippen LogP contribution in [0.3, 0.4) is 0 Å². The highest BCUT2D eigenvalue weighted by atomic mass is 19.3. The molecule has 0 N–H and O–H groups in total. The summed E-state index contributed by atoms with van der Waals surface area (Å²) in [5.41, 5.74) is 0. The summed E-state index contributed by atoms with van der Waals surface area (Å²) in [5.74, 6) is -0.986. The highest BCUT2D eigenvalue weighted by Gasteiger charge is 2.24. The Bertz CT molecular complexity index is 204. The molecule has 1 atom stereocenters. The zero-order chi connectivity index (χ0) is 11.3. The van der Waals surface area contributed by atoms with Crippen LogP contribution < -0.4 is 0 Å². The van der Waals surface area contributed by atoms with E-state index in [0.29, 0.717) is 13.2 Å². The van der Waals surface area contributed by atoms with Gasteiger partial charge in [-0.15, -0.1) is 0 Å². The molecular formula is C10H17F2NO2. The lowest BCUT2D eigenvalue weighted by Crippen LogP contribution is -2.36. The molecule has 1 amide bonds. The number of alkyl halides is 2. The van der Waals surface area contributed by atoms with Gasteiger partial charge < -0.3 is 0 Å². The zero-order valence-electron chi connectivity index (χ0n) is 8.92. The van der Waals surface area contributed by atoms with E-state index in [2.05, 4.69) is 0 Å². The zero-order valence-corrected chi connectivity index (χ0v) is 8.92. The summed E-state index contributed by atoms with van der Waals surface area (Å²) in [7, 11) is 0. The van der Waals surface area contributed by atoms with Gasteiger partial charge in [-0.1, -0.05) is 6.92 Å². The maximum absolute atomic E-state index is 12.1. The third-order valence-corrected chi connectivity index (χ3v) is 2.45. The minimum absolute atomic E-state index is 0.322. The molecule has 0 aromatic rings. The van der Waals surface area contributed by atoms with Gasteiger partial charge in [-0.05, 0) is 19.3 Å². The van der Waals surface area contributed by atoms with Gasteiger partial charge in [0, 0.05) is 18.9 Å². The smallest absolute Gasteiger partial charge is 0.249 e. The molecule has 1 rings (SSSR count). The van der Waals surface area contributed by atoms with Crippen molar-refractivity contribution in [2.45, 2.75) is 39.0 Å². The third-order valence-electron chi connectivity index (χ3n) is 2.45. The van der Waals surface area contributed by atoms with Crippen LogP contribution in [0.15, 0.2) is 0 Å². The van der Waals surface area contributed by atoms with Gasteiger partial charge in [-0.25, -0.2) is 13.8 Å². The Morgan fingerprint density at radius 1 is 1.40 bits per heavy atom. The van der Waals surface area contributed by atoms with Crippen LogP contribution in [-0.2, 0) is 9.63 Å². The van der Waals surface area contributed by atoms with Gasteiger partial charge in [0.15, 0.2) is 0 Å². The van der Waals surface area contributed by atoms with E-state index in [9.17, 15) is 13.6 Å². The first-order valence-corrected chi connectivity index (χ1v) is 5.33. The Kier molecular flexibility index (Phi) is 4.94. The van der Waals surface area contributed by atoms with Crippen LogP contribution in [0, 0.1) is 5.92 Å². The predicted molar refractivity (Wildman–Crippen MR) is 51.3 cm³/mol. The largest absolute Gasteiger partial charge is 0.272 e. The summed E-state index contributed by atoms with van der Waals surface area (Å²) in [4.78, 5) is 16.9. The number of hydrogen-bond donors (Lipinski definition) is 0. The van der Waals surface area contributed by atoms with Crippen molar-refractivity contribution in [3.8, 4) is 0 Å². The van der Waals surface area contributed by atoms with Crippen molar-refractivity contribution in [3.05, 3.63) is 0 Å². The maximum atomic E-state index is 12.1. The van der Waals surface area contributed by atoms with Crippen molar-refractivity contribution in [1.29, 1.82) is 0 Å². The van der Waals surface area contributed by atoms with Crippen LogP contribution in [0.5, 0.6) is 0 Å². The molecule has 0 radical (unpaired) electrons. The van der Waals surface area contributed by atoms with Crippen molar-refractivity contribution < 1.29 is 18.4 Å². The second-order valence-electron chi connectivity index (χ2n) is 3.86. The van der Waals surface area contributed by atoms with Crippen LogP contribution in [0.4, 0.5) is 8.78 Å². The highest BCUT2D eigenvalue weighted by Crippen LogP contribution is 2.16. The van der Waals surface area contributed by atoms with E-state index >= 15 is 0 Å². The van der Waals surface area contributed by atoms with E-state index in [1.165, 1.54) is 12.0 Å². The average molecular weight is 221 g/mol. The standard InChI is InChI=1S/C10H17F2NO2/c1-8(7-9(11)12)10(14)13-5-3-2-4-6-15-13/h8-9H,2-7H2,1H3/t8-/m1/s1. The van der Waals surface area contributed by atoms with Gasteiger partial charge in [0.25, 0.3) is 0 Å². The van der Waals surface area contributed by atoms with E-state index in [0.717, 1.165) is 19.3 Å². The normalized spacial score (nSPS) is 20.1. The number of carbonyl (C=O) groups is 1. The van der Waals surface area contributed by atoms with Crippen LogP contribution in [0.2, 0.25) is 0 Å². The molecule has 5 heteroatoms. The maximum Gasteiger partial charge on any atom is 0.249 e. The quantitative estimate of drug-likeness (QED) is 0.731. The Balaban J connectivity index is 2.42. The SMILES string of the molecule is C[C@H](CC(F)F)C(=O)N1CCCCCO1. The molecule has 0 unspecified atom stereocenters. The monoisotopic (exact) mass is 221 g/mol. The molecule has 0 saturated carbocycles. The van der Waals surface area contributed by atoms with Crippen LogP contribution in [-0.4, -0.2) is 30.5 Å². The molecule has 1 heterocycles. The lowest BCUT2D eigenvalue weighted by molar-refractivity contribution is -0.188. The molecule has 1 aliphatic rings. The van der Waals surface area contributed by atoms with Crippen LogP contribution in [0.1, 0.15) is 32.6 Å². The predicted octanol–water partition coefficient (Wildman–Crippen LogP) is 2.22. The van der Waals surface area contributed by atoms with Gasteiger partial charge in [-0.3, -0.25) is 9.63 Å². The van der Waals surface area contributed by atoms with Crippen molar-refractivity contribution in [2.24, 2.45) is 5.92 Å². The Labute approximate surface area is 88.3 Å². The van der Waals surface area contributed by atoms with E-state index in [4.69, 9.17) is 4.84 Å². The van der Waals surface area contributed by atoms with Crippen LogP contribution in [0.25, 0.3) is 0 Å². The van der Waals surface area contributed by atoms with Crippen molar-refractivity contribution in [2.75, 3.05) is 13.2 Å². The molecule has 15 heavy (non-hydrogen) atoms. The van der Waals surface area contributed by atoms with Gasteiger partial charge in [0.2, 0.25) is 12.3 Å². The second-order valence-corrected chi connectivity index (χ2v) is 3.86. The fourth-order valence-electron chi connectivity index (χ4n) is 1.56. The Hall–Kier alpha value is -0.710. The van der Waals surface area contributed by atoms with Gasteiger partial charge in [-0.2, -0.15) is 0 Å². The number of carbonyl (C=O) groups excluding carboxylic acids is 1. The molecule has 1 fully saturated rings. The summed E-state index contributed by atoms with van der Waals surface area (Å²) >= 11 is 0. The van der Waals surface area contributed by atoms with E-state index in [1.54, 1.807) is 0 Å². The van der Waals surface area contributed by atoms with Gasteiger partial charge in [0.1, 0.15) is 0 Å². The first-order chi connectivity index (χ1) is 7.11.